The molecule has 11 heteroatoms. The van der Waals surface area contributed by atoms with E-state index in [9.17, 15) is 14.8 Å². The molecule has 0 radical (unpaired) electrons. The molecule has 4 N–H and O–H groups in total. The van der Waals surface area contributed by atoms with Gasteiger partial charge >= 0.3 is 8.25 Å². The maximum Gasteiger partial charge on any atom is 0.750 e. The number of nitrogens with zero attached hydrogens (tertiary/aromatic N) is 3. The van der Waals surface area contributed by atoms with Crippen LogP contribution < -0.4 is 10.3 Å². The first kappa shape index (κ1) is 20.2. The lowest BCUT2D eigenvalue weighted by molar-refractivity contribution is -0.0708. The molecule has 3 heterocycles. The highest BCUT2D eigenvalue weighted by Gasteiger charge is 2.56. The summed E-state index contributed by atoms with van der Waals surface area (Å²) in [7, 11) is -2.54. The van der Waals surface area contributed by atoms with E-state index in [2.05, 4.69) is 15.9 Å². The third kappa shape index (κ3) is 3.50. The van der Waals surface area contributed by atoms with Crippen molar-refractivity contribution >= 4 is 25.1 Å². The molecule has 154 valence electrons. The number of ether oxygens (including phenoxy) is 1. The predicted molar refractivity (Wildman–Crippen MR) is 106 cm³/mol. The molecule has 2 aromatic heterocycles. The molecule has 30 heavy (non-hydrogen) atoms. The van der Waals surface area contributed by atoms with Gasteiger partial charge in [0.1, 0.15) is 36.6 Å². The van der Waals surface area contributed by atoms with E-state index in [-0.39, 0.29) is 12.4 Å². The summed E-state index contributed by atoms with van der Waals surface area (Å²) in [6, 6.07) is 10.1. The number of nitrogen functional groups attached to an aromatic ring is 1. The number of rotatable bonds is 6. The lowest BCUT2D eigenvalue weighted by Gasteiger charge is -2.26. The van der Waals surface area contributed by atoms with Gasteiger partial charge in [0.2, 0.25) is 0 Å². The van der Waals surface area contributed by atoms with Gasteiger partial charge in [-0.3, -0.25) is 0 Å². The van der Waals surface area contributed by atoms with Gasteiger partial charge in [-0.2, -0.15) is 0 Å². The summed E-state index contributed by atoms with van der Waals surface area (Å²) in [6.45, 7) is -0.333. The van der Waals surface area contributed by atoms with Crippen LogP contribution in [0.1, 0.15) is 6.23 Å². The number of benzene rings is 1. The van der Waals surface area contributed by atoms with E-state index in [1.165, 1.54) is 10.9 Å². The van der Waals surface area contributed by atoms with Gasteiger partial charge in [-0.15, -0.1) is 10.9 Å². The van der Waals surface area contributed by atoms with Crippen LogP contribution >= 0.6 is 8.25 Å². The van der Waals surface area contributed by atoms with E-state index < -0.39 is 32.3 Å². The second-order valence-electron chi connectivity index (χ2n) is 6.58. The lowest BCUT2D eigenvalue weighted by Crippen LogP contribution is -2.45. The zero-order valence-electron chi connectivity index (χ0n) is 15.5. The van der Waals surface area contributed by atoms with Crippen LogP contribution in [-0.4, -0.2) is 49.2 Å². The molecule has 4 rings (SSSR count). The van der Waals surface area contributed by atoms with Crippen LogP contribution in [0.4, 0.5) is 5.82 Å². The van der Waals surface area contributed by atoms with E-state index in [0.717, 1.165) is 0 Å². The van der Waals surface area contributed by atoms with E-state index in [4.69, 9.17) is 25.9 Å². The highest BCUT2D eigenvalue weighted by atomic mass is 31.1. The zero-order valence-corrected chi connectivity index (χ0v) is 16.4. The second kappa shape index (κ2) is 7.99. The Kier molecular flexibility index (Phi) is 5.39. The Labute approximate surface area is 172 Å². The molecule has 1 saturated heterocycles. The molecule has 5 atom stereocenters. The zero-order chi connectivity index (χ0) is 21.3. The number of anilines is 1. The van der Waals surface area contributed by atoms with Gasteiger partial charge in [-0.1, -0.05) is 24.1 Å². The highest BCUT2D eigenvalue weighted by Crippen LogP contribution is 2.41. The van der Waals surface area contributed by atoms with Crippen LogP contribution in [0.25, 0.3) is 11.0 Å². The van der Waals surface area contributed by atoms with Crippen LogP contribution in [0.5, 0.6) is 5.75 Å². The van der Waals surface area contributed by atoms with Crippen LogP contribution in [0.15, 0.2) is 48.9 Å². The molecule has 10 nitrogen and oxygen atoms in total. The number of fused-ring (bicyclic) bond motifs is 1. The average Bonchev–Trinajstić information content (AvgIpc) is 3.28. The summed E-state index contributed by atoms with van der Waals surface area (Å²) in [5, 5.41) is 22.1. The summed E-state index contributed by atoms with van der Waals surface area (Å²) in [6.07, 6.45) is 4.56. The molecular weight excluding hydrogens is 411 g/mol. The summed E-state index contributed by atoms with van der Waals surface area (Å²) in [4.78, 5) is 8.06. The topological polar surface area (TPSA) is 142 Å². The molecule has 0 bridgehead atoms. The molecule has 0 saturated carbocycles. The van der Waals surface area contributed by atoms with Gasteiger partial charge in [-0.25, -0.2) is 14.5 Å². The Morgan fingerprint density at radius 1 is 1.33 bits per heavy atom. The summed E-state index contributed by atoms with van der Waals surface area (Å²) < 4.78 is 29.6. The van der Waals surface area contributed by atoms with Crippen molar-refractivity contribution in [2.45, 2.75) is 24.0 Å². The van der Waals surface area contributed by atoms with E-state index in [1.807, 2.05) is 0 Å². The minimum Gasteiger partial charge on any atom is -0.386 e. The number of terminal acetylenes is 1. The SMILES string of the molecule is C#CC1(O)C(O)C(CO[P+](=O)Oc2ccccc2)OC1n1ccc2c(N)ncnc21. The fourth-order valence-corrected chi connectivity index (χ4v) is 3.86. The number of nitrogens with two attached hydrogens (primary N) is 1. The predicted octanol–water partition coefficient (Wildman–Crippen LogP) is 1.39. The van der Waals surface area contributed by atoms with Gasteiger partial charge in [0.05, 0.1) is 5.39 Å². The fourth-order valence-electron chi connectivity index (χ4n) is 3.25. The van der Waals surface area contributed by atoms with Gasteiger partial charge in [0.25, 0.3) is 0 Å². The van der Waals surface area contributed by atoms with E-state index in [0.29, 0.717) is 16.8 Å². The normalized spacial score (nSPS) is 26.4. The van der Waals surface area contributed by atoms with E-state index >= 15 is 0 Å². The van der Waals surface area contributed by atoms with Crippen LogP contribution in [0.2, 0.25) is 0 Å². The number of aliphatic hydroxyl groups is 2. The van der Waals surface area contributed by atoms with Crippen molar-refractivity contribution < 1.29 is 28.6 Å². The largest absolute Gasteiger partial charge is 0.750 e. The molecule has 0 aliphatic carbocycles. The first-order chi connectivity index (χ1) is 14.4. The molecule has 5 unspecified atom stereocenters. The first-order valence-electron chi connectivity index (χ1n) is 8.88. The maximum atomic E-state index is 12.1. The molecular formula is C19H18N4O6P+. The molecule has 1 fully saturated rings. The van der Waals surface area contributed by atoms with Crippen LogP contribution in [-0.2, 0) is 13.8 Å². The summed E-state index contributed by atoms with van der Waals surface area (Å²) >= 11 is 0. The summed E-state index contributed by atoms with van der Waals surface area (Å²) in [5.74, 6) is 2.80. The Hall–Kier alpha value is -3.06. The second-order valence-corrected chi connectivity index (χ2v) is 7.47. The van der Waals surface area contributed by atoms with E-state index in [1.54, 1.807) is 42.6 Å². The minimum atomic E-state index is -2.54. The first-order valence-corrected chi connectivity index (χ1v) is 9.97. The monoisotopic (exact) mass is 429 g/mol. The quantitative estimate of drug-likeness (QED) is 0.391. The van der Waals surface area contributed by atoms with Crippen molar-refractivity contribution in [1.29, 1.82) is 0 Å². The third-order valence-corrected chi connectivity index (χ3v) is 5.49. The average molecular weight is 429 g/mol. The molecule has 1 aliphatic rings. The molecule has 3 aromatic rings. The Morgan fingerprint density at radius 2 is 2.10 bits per heavy atom. The Balaban J connectivity index is 1.52. The van der Waals surface area contributed by atoms with Crippen molar-refractivity contribution in [3.8, 4) is 18.1 Å². The number of hydrogen-bond acceptors (Lipinski definition) is 9. The van der Waals surface area contributed by atoms with Crippen molar-refractivity contribution in [3.05, 3.63) is 48.9 Å². The number of para-hydroxylation sites is 1. The number of aliphatic hydroxyl groups excluding tert-OH is 1. The van der Waals surface area contributed by atoms with Gasteiger partial charge in [0.15, 0.2) is 17.6 Å². The van der Waals surface area contributed by atoms with Crippen LogP contribution in [0.3, 0.4) is 0 Å². The van der Waals surface area contributed by atoms with Gasteiger partial charge in [-0.05, 0) is 18.2 Å². The van der Waals surface area contributed by atoms with Gasteiger partial charge in [0, 0.05) is 10.8 Å². The van der Waals surface area contributed by atoms with Gasteiger partial charge < -0.3 is 25.3 Å². The Bertz CT molecular complexity index is 1120. The Morgan fingerprint density at radius 3 is 2.83 bits per heavy atom. The number of aromatic nitrogens is 3. The minimum absolute atomic E-state index is 0.247. The van der Waals surface area contributed by atoms with Crippen molar-refractivity contribution in [3.63, 3.8) is 0 Å². The van der Waals surface area contributed by atoms with Crippen LogP contribution in [0, 0.1) is 12.3 Å². The smallest absolute Gasteiger partial charge is 0.386 e. The van der Waals surface area contributed by atoms with Crippen molar-refractivity contribution in [2.24, 2.45) is 0 Å². The van der Waals surface area contributed by atoms with Crippen molar-refractivity contribution in [1.82, 2.24) is 14.5 Å². The molecule has 0 spiro atoms. The van der Waals surface area contributed by atoms with Crippen molar-refractivity contribution in [2.75, 3.05) is 12.3 Å². The lowest BCUT2D eigenvalue weighted by atomic mass is 9.95. The maximum absolute atomic E-state index is 12.1. The molecule has 1 aromatic carbocycles. The summed E-state index contributed by atoms with van der Waals surface area (Å²) in [5.41, 5.74) is 4.12. The third-order valence-electron chi connectivity index (χ3n) is 4.77. The number of hydrogen-bond donors (Lipinski definition) is 3. The fraction of sp³-hybridized carbons (Fsp3) is 0.263. The standard InChI is InChI=1S/C19H18N4O6P/c1-2-19(25)15(24)14(10-27-30(26)29-12-6-4-3-5-7-12)28-18(19)23-9-8-13-16(20)21-11-22-17(13)23/h1,3-9,11,14-15,18,24-25H,10H2,(H2,20,21,22)/q+1. The molecule has 0 amide bonds. The molecule has 1 aliphatic heterocycles. The highest BCUT2D eigenvalue weighted by molar-refractivity contribution is 7.33.